The van der Waals surface area contributed by atoms with Gasteiger partial charge in [-0.3, -0.25) is 4.79 Å². The molecule has 1 amide bonds. The molecule has 0 atom stereocenters. The summed E-state index contributed by atoms with van der Waals surface area (Å²) in [6, 6.07) is 18.0. The van der Waals surface area contributed by atoms with Crippen molar-refractivity contribution < 1.29 is 9.63 Å². The monoisotopic (exact) mass is 269 g/mol. The standard InChI is InChI=1S/C17H19NO2/c1-13(19)18-20-16-12-8-7-11-15(16)17(2,3)14-9-5-4-6-10-14/h4-12H,1-3H3,(H,18,19). The minimum Gasteiger partial charge on any atom is -0.379 e. The zero-order chi connectivity index (χ0) is 14.6. The van der Waals surface area contributed by atoms with Crippen LogP contribution in [0.3, 0.4) is 0 Å². The molecule has 0 heterocycles. The number of carbonyl (C=O) groups excluding carboxylic acids is 1. The Kier molecular flexibility index (Phi) is 4.08. The molecule has 0 aliphatic rings. The number of hydrogen-bond acceptors (Lipinski definition) is 2. The zero-order valence-corrected chi connectivity index (χ0v) is 12.0. The summed E-state index contributed by atoms with van der Waals surface area (Å²) in [5, 5.41) is 0. The Balaban J connectivity index is 2.39. The molecule has 0 fully saturated rings. The molecule has 0 radical (unpaired) electrons. The van der Waals surface area contributed by atoms with Crippen LogP contribution in [0.1, 0.15) is 31.9 Å². The van der Waals surface area contributed by atoms with Gasteiger partial charge < -0.3 is 4.84 Å². The summed E-state index contributed by atoms with van der Waals surface area (Å²) in [5.74, 6) is 0.439. The first-order chi connectivity index (χ1) is 9.51. The lowest BCUT2D eigenvalue weighted by Crippen LogP contribution is -2.27. The molecule has 0 unspecified atom stereocenters. The molecule has 104 valence electrons. The number of nitrogens with one attached hydrogen (secondary N) is 1. The molecule has 0 saturated heterocycles. The summed E-state index contributed by atoms with van der Waals surface area (Å²) >= 11 is 0. The van der Waals surface area contributed by atoms with Crippen LogP contribution in [-0.2, 0) is 10.2 Å². The Labute approximate surface area is 119 Å². The highest BCUT2D eigenvalue weighted by atomic mass is 16.7. The lowest BCUT2D eigenvalue weighted by Gasteiger charge is -2.27. The van der Waals surface area contributed by atoms with Crippen LogP contribution in [0.5, 0.6) is 5.75 Å². The van der Waals surface area contributed by atoms with E-state index >= 15 is 0 Å². The van der Waals surface area contributed by atoms with Crippen molar-refractivity contribution in [3.8, 4) is 5.75 Å². The first-order valence-corrected chi connectivity index (χ1v) is 6.60. The molecule has 2 aromatic rings. The van der Waals surface area contributed by atoms with Crippen LogP contribution >= 0.6 is 0 Å². The summed E-state index contributed by atoms with van der Waals surface area (Å²) in [7, 11) is 0. The molecular formula is C17H19NO2. The Morgan fingerprint density at radius 1 is 1.00 bits per heavy atom. The molecule has 2 aromatic carbocycles. The molecule has 0 aliphatic carbocycles. The number of amides is 1. The van der Waals surface area contributed by atoms with E-state index in [-0.39, 0.29) is 11.3 Å². The van der Waals surface area contributed by atoms with Crippen LogP contribution < -0.4 is 10.3 Å². The van der Waals surface area contributed by atoms with Crippen LogP contribution in [-0.4, -0.2) is 5.91 Å². The maximum atomic E-state index is 11.0. The van der Waals surface area contributed by atoms with Gasteiger partial charge in [0.25, 0.3) is 0 Å². The van der Waals surface area contributed by atoms with Crippen LogP contribution in [0, 0.1) is 0 Å². The molecular weight excluding hydrogens is 250 g/mol. The van der Waals surface area contributed by atoms with Gasteiger partial charge in [0.1, 0.15) is 0 Å². The van der Waals surface area contributed by atoms with Gasteiger partial charge in [-0.15, -0.1) is 0 Å². The Bertz CT molecular complexity index is 591. The van der Waals surface area contributed by atoms with Gasteiger partial charge in [-0.1, -0.05) is 62.4 Å². The SMILES string of the molecule is CC(=O)NOc1ccccc1C(C)(C)c1ccccc1. The summed E-state index contributed by atoms with van der Waals surface area (Å²) in [5.41, 5.74) is 4.40. The second kappa shape index (κ2) is 5.78. The molecule has 0 spiro atoms. The number of benzene rings is 2. The predicted molar refractivity (Wildman–Crippen MR) is 79.5 cm³/mol. The summed E-state index contributed by atoms with van der Waals surface area (Å²) in [4.78, 5) is 16.4. The van der Waals surface area contributed by atoms with Crippen molar-refractivity contribution in [2.45, 2.75) is 26.2 Å². The van der Waals surface area contributed by atoms with Crippen molar-refractivity contribution in [2.75, 3.05) is 0 Å². The van der Waals surface area contributed by atoms with Gasteiger partial charge in [-0.05, 0) is 11.6 Å². The number of rotatable bonds is 4. The van der Waals surface area contributed by atoms with Crippen molar-refractivity contribution >= 4 is 5.91 Å². The lowest BCUT2D eigenvalue weighted by molar-refractivity contribution is -0.125. The number of para-hydroxylation sites is 1. The van der Waals surface area contributed by atoms with Crippen LogP contribution in [0.25, 0.3) is 0 Å². The first-order valence-electron chi connectivity index (χ1n) is 6.60. The molecule has 2 rings (SSSR count). The van der Waals surface area contributed by atoms with Gasteiger partial charge in [0.05, 0.1) is 0 Å². The number of carbonyl (C=O) groups is 1. The predicted octanol–water partition coefficient (Wildman–Crippen LogP) is 3.44. The number of hydroxylamine groups is 1. The average molecular weight is 269 g/mol. The molecule has 3 heteroatoms. The maximum absolute atomic E-state index is 11.0. The molecule has 0 aliphatic heterocycles. The van der Waals surface area contributed by atoms with Crippen LogP contribution in [0.2, 0.25) is 0 Å². The second-order valence-corrected chi connectivity index (χ2v) is 5.25. The second-order valence-electron chi connectivity index (χ2n) is 5.25. The van der Waals surface area contributed by atoms with E-state index in [9.17, 15) is 4.79 Å². The van der Waals surface area contributed by atoms with Crippen LogP contribution in [0.15, 0.2) is 54.6 Å². The van der Waals surface area contributed by atoms with Gasteiger partial charge in [-0.25, -0.2) is 0 Å². The van der Waals surface area contributed by atoms with Crippen molar-refractivity contribution in [1.82, 2.24) is 5.48 Å². The molecule has 0 bridgehead atoms. The topological polar surface area (TPSA) is 38.3 Å². The minimum absolute atomic E-state index is 0.212. The average Bonchev–Trinajstić information content (AvgIpc) is 2.46. The summed E-state index contributed by atoms with van der Waals surface area (Å²) in [6.07, 6.45) is 0. The molecule has 3 nitrogen and oxygen atoms in total. The Morgan fingerprint density at radius 2 is 1.60 bits per heavy atom. The fourth-order valence-corrected chi connectivity index (χ4v) is 2.21. The Hall–Kier alpha value is -2.29. The van der Waals surface area contributed by atoms with E-state index in [1.54, 1.807) is 0 Å². The molecule has 0 aromatic heterocycles. The van der Waals surface area contributed by atoms with Crippen molar-refractivity contribution in [3.05, 3.63) is 65.7 Å². The van der Waals surface area contributed by atoms with Crippen molar-refractivity contribution in [2.24, 2.45) is 0 Å². The zero-order valence-electron chi connectivity index (χ0n) is 12.0. The first kappa shape index (κ1) is 14.1. The van der Waals surface area contributed by atoms with E-state index in [2.05, 4.69) is 31.5 Å². The highest BCUT2D eigenvalue weighted by Gasteiger charge is 2.26. The van der Waals surface area contributed by atoms with E-state index in [4.69, 9.17) is 4.84 Å². The maximum Gasteiger partial charge on any atom is 0.249 e. The fourth-order valence-electron chi connectivity index (χ4n) is 2.21. The van der Waals surface area contributed by atoms with E-state index in [0.29, 0.717) is 5.75 Å². The minimum atomic E-state index is -0.225. The van der Waals surface area contributed by atoms with E-state index in [0.717, 1.165) is 5.56 Å². The molecule has 1 N–H and O–H groups in total. The van der Waals surface area contributed by atoms with Gasteiger partial charge in [0.2, 0.25) is 5.91 Å². The quantitative estimate of drug-likeness (QED) is 0.863. The lowest BCUT2D eigenvalue weighted by atomic mass is 9.78. The third-order valence-corrected chi connectivity index (χ3v) is 3.36. The van der Waals surface area contributed by atoms with Crippen molar-refractivity contribution in [3.63, 3.8) is 0 Å². The third kappa shape index (κ3) is 2.99. The normalized spacial score (nSPS) is 10.9. The Morgan fingerprint density at radius 3 is 2.25 bits per heavy atom. The van der Waals surface area contributed by atoms with E-state index in [1.165, 1.54) is 12.5 Å². The van der Waals surface area contributed by atoms with Gasteiger partial charge >= 0.3 is 0 Å². The third-order valence-electron chi connectivity index (χ3n) is 3.36. The summed E-state index contributed by atoms with van der Waals surface area (Å²) < 4.78 is 0. The molecule has 0 saturated carbocycles. The van der Waals surface area contributed by atoms with Gasteiger partial charge in [-0.2, -0.15) is 5.48 Å². The van der Waals surface area contributed by atoms with Gasteiger partial charge in [0, 0.05) is 17.9 Å². The van der Waals surface area contributed by atoms with E-state index < -0.39 is 0 Å². The highest BCUT2D eigenvalue weighted by molar-refractivity contribution is 5.71. The summed E-state index contributed by atoms with van der Waals surface area (Å²) in [6.45, 7) is 5.70. The van der Waals surface area contributed by atoms with E-state index in [1.807, 2.05) is 42.5 Å². The number of hydrogen-bond donors (Lipinski definition) is 1. The smallest absolute Gasteiger partial charge is 0.249 e. The van der Waals surface area contributed by atoms with Crippen LogP contribution in [0.4, 0.5) is 0 Å². The van der Waals surface area contributed by atoms with Crippen molar-refractivity contribution in [1.29, 1.82) is 0 Å². The largest absolute Gasteiger partial charge is 0.379 e. The highest BCUT2D eigenvalue weighted by Crippen LogP contribution is 2.36. The molecule has 20 heavy (non-hydrogen) atoms. The fraction of sp³-hybridized carbons (Fsp3) is 0.235. The van der Waals surface area contributed by atoms with Gasteiger partial charge in [0.15, 0.2) is 5.75 Å².